The Balaban J connectivity index is 1.94. The number of thiophene rings is 1. The van der Waals surface area contributed by atoms with E-state index in [1.54, 1.807) is 30.3 Å². The van der Waals surface area contributed by atoms with Crippen LogP contribution in [-0.4, -0.2) is 75.0 Å². The highest BCUT2D eigenvalue weighted by Crippen LogP contribution is 2.22. The smallest absolute Gasteiger partial charge is 0.243 e. The first-order valence-electron chi connectivity index (χ1n) is 8.13. The van der Waals surface area contributed by atoms with Crippen molar-refractivity contribution in [2.75, 3.05) is 58.3 Å². The van der Waals surface area contributed by atoms with Crippen LogP contribution in [0.4, 0.5) is 5.00 Å². The molecule has 23 heavy (non-hydrogen) atoms. The summed E-state index contributed by atoms with van der Waals surface area (Å²) in [4.78, 5) is 22.5. The molecule has 0 atom stereocenters. The van der Waals surface area contributed by atoms with Crippen molar-refractivity contribution < 1.29 is 4.79 Å². The highest BCUT2D eigenvalue weighted by Gasteiger charge is 2.20. The number of hydrogen-bond donors (Lipinski definition) is 1. The van der Waals surface area contributed by atoms with E-state index in [1.165, 1.54) is 5.00 Å². The number of hydrogen-bond acceptors (Lipinski definition) is 4. The van der Waals surface area contributed by atoms with E-state index in [-0.39, 0.29) is 12.5 Å². The summed E-state index contributed by atoms with van der Waals surface area (Å²) in [6.07, 6.45) is 1.04. The van der Waals surface area contributed by atoms with Crippen LogP contribution in [0.5, 0.6) is 0 Å². The molecule has 1 fully saturated rings. The second-order valence-electron chi connectivity index (χ2n) is 5.78. The monoisotopic (exact) mass is 337 g/mol. The van der Waals surface area contributed by atoms with E-state index >= 15 is 0 Å². The molecule has 1 N–H and O–H groups in total. The summed E-state index contributed by atoms with van der Waals surface area (Å²) in [5.41, 5.74) is 0. The molecular weight excluding hydrogens is 310 g/mol. The van der Waals surface area contributed by atoms with Gasteiger partial charge in [0.2, 0.25) is 5.91 Å². The van der Waals surface area contributed by atoms with Crippen molar-refractivity contribution in [3.63, 3.8) is 0 Å². The summed E-state index contributed by atoms with van der Waals surface area (Å²) >= 11 is 1.78. The van der Waals surface area contributed by atoms with Gasteiger partial charge in [-0.25, -0.2) is 4.99 Å². The molecule has 0 aliphatic carbocycles. The molecule has 1 aliphatic heterocycles. The van der Waals surface area contributed by atoms with Crippen LogP contribution in [0.3, 0.4) is 0 Å². The molecule has 6 nitrogen and oxygen atoms in total. The summed E-state index contributed by atoms with van der Waals surface area (Å²) in [7, 11) is 3.52. The lowest BCUT2D eigenvalue weighted by atomic mass is 10.3. The van der Waals surface area contributed by atoms with Gasteiger partial charge in [-0.05, 0) is 23.9 Å². The van der Waals surface area contributed by atoms with E-state index in [0.29, 0.717) is 0 Å². The van der Waals surface area contributed by atoms with Crippen molar-refractivity contribution in [2.24, 2.45) is 4.99 Å². The number of carbonyl (C=O) groups is 1. The van der Waals surface area contributed by atoms with Gasteiger partial charge in [-0.3, -0.25) is 4.79 Å². The number of piperazine rings is 1. The van der Waals surface area contributed by atoms with Gasteiger partial charge in [0.15, 0.2) is 5.96 Å². The number of nitrogens with zero attached hydrogens (tertiary/aromatic N) is 4. The van der Waals surface area contributed by atoms with Crippen molar-refractivity contribution in [1.82, 2.24) is 15.1 Å². The zero-order chi connectivity index (χ0) is 16.7. The number of anilines is 1. The van der Waals surface area contributed by atoms with Crippen LogP contribution >= 0.6 is 11.3 Å². The Kier molecular flexibility index (Phi) is 6.70. The quantitative estimate of drug-likeness (QED) is 0.650. The highest BCUT2D eigenvalue weighted by atomic mass is 32.1. The summed E-state index contributed by atoms with van der Waals surface area (Å²) < 4.78 is 0. The Morgan fingerprint density at radius 2 is 2.09 bits per heavy atom. The van der Waals surface area contributed by atoms with Gasteiger partial charge >= 0.3 is 0 Å². The highest BCUT2D eigenvalue weighted by molar-refractivity contribution is 7.14. The first-order valence-corrected chi connectivity index (χ1v) is 9.01. The van der Waals surface area contributed by atoms with Crippen LogP contribution in [0.25, 0.3) is 0 Å². The molecule has 0 spiro atoms. The molecule has 0 unspecified atom stereocenters. The third kappa shape index (κ3) is 5.13. The Morgan fingerprint density at radius 3 is 2.65 bits per heavy atom. The normalized spacial score (nSPS) is 15.7. The molecule has 0 bridgehead atoms. The van der Waals surface area contributed by atoms with Crippen LogP contribution in [-0.2, 0) is 4.79 Å². The first-order chi connectivity index (χ1) is 11.1. The largest absolute Gasteiger partial charge is 0.360 e. The Bertz CT molecular complexity index is 507. The number of aliphatic imine (C=N–C) groups is 1. The van der Waals surface area contributed by atoms with E-state index in [0.717, 1.165) is 45.1 Å². The molecule has 0 saturated carbocycles. The van der Waals surface area contributed by atoms with Gasteiger partial charge in [-0.2, -0.15) is 0 Å². The third-order valence-corrected chi connectivity index (χ3v) is 4.72. The topological polar surface area (TPSA) is 51.2 Å². The van der Waals surface area contributed by atoms with Crippen LogP contribution < -0.4 is 10.2 Å². The van der Waals surface area contributed by atoms with Gasteiger partial charge in [-0.1, -0.05) is 6.92 Å². The second-order valence-corrected chi connectivity index (χ2v) is 6.71. The average molecular weight is 337 g/mol. The maximum absolute atomic E-state index is 11.8. The predicted octanol–water partition coefficient (Wildman–Crippen LogP) is 1.31. The van der Waals surface area contributed by atoms with Gasteiger partial charge < -0.3 is 20.0 Å². The molecule has 1 aromatic heterocycles. The fraction of sp³-hybridized carbons (Fsp3) is 0.625. The van der Waals surface area contributed by atoms with Gasteiger partial charge in [0.25, 0.3) is 0 Å². The number of amides is 1. The van der Waals surface area contributed by atoms with E-state index < -0.39 is 0 Å². The number of nitrogens with one attached hydrogen (secondary N) is 1. The molecule has 1 aromatic rings. The van der Waals surface area contributed by atoms with Crippen molar-refractivity contribution in [3.05, 3.63) is 17.5 Å². The number of rotatable bonds is 5. The maximum Gasteiger partial charge on any atom is 0.243 e. The molecule has 128 valence electrons. The zero-order valence-electron chi connectivity index (χ0n) is 14.3. The molecule has 2 heterocycles. The molecule has 0 aromatic carbocycles. The van der Waals surface area contributed by atoms with E-state index in [9.17, 15) is 4.79 Å². The molecule has 1 saturated heterocycles. The minimum Gasteiger partial charge on any atom is -0.360 e. The summed E-state index contributed by atoms with van der Waals surface area (Å²) in [5, 5.41) is 6.81. The molecule has 1 aliphatic rings. The fourth-order valence-electron chi connectivity index (χ4n) is 2.38. The lowest BCUT2D eigenvalue weighted by Gasteiger charge is -2.37. The van der Waals surface area contributed by atoms with E-state index in [2.05, 4.69) is 44.5 Å². The van der Waals surface area contributed by atoms with Gasteiger partial charge in [-0.15, -0.1) is 11.3 Å². The molecule has 1 amide bonds. The summed E-state index contributed by atoms with van der Waals surface area (Å²) in [6, 6.07) is 4.26. The van der Waals surface area contributed by atoms with Crippen LogP contribution in [0.15, 0.2) is 22.5 Å². The second kappa shape index (κ2) is 8.76. The SMILES string of the molecule is CCCNC(=NCC(=O)N(C)C)N1CCN(c2cccs2)CC1. The summed E-state index contributed by atoms with van der Waals surface area (Å²) in [5.74, 6) is 0.880. The first kappa shape index (κ1) is 17.6. The van der Waals surface area contributed by atoms with Gasteiger partial charge in [0, 0.05) is 46.8 Å². The van der Waals surface area contributed by atoms with E-state index in [1.807, 2.05) is 0 Å². The lowest BCUT2D eigenvalue weighted by molar-refractivity contribution is -0.127. The van der Waals surface area contributed by atoms with Gasteiger partial charge in [0.05, 0.1) is 5.00 Å². The Labute approximate surface area is 142 Å². The van der Waals surface area contributed by atoms with Crippen LogP contribution in [0, 0.1) is 0 Å². The number of carbonyl (C=O) groups excluding carboxylic acids is 1. The molecular formula is C16H27N5OS. The Hall–Kier alpha value is -1.76. The predicted molar refractivity (Wildman–Crippen MR) is 97.4 cm³/mol. The fourth-order valence-corrected chi connectivity index (χ4v) is 3.16. The van der Waals surface area contributed by atoms with Gasteiger partial charge in [0.1, 0.15) is 6.54 Å². The zero-order valence-corrected chi connectivity index (χ0v) is 15.1. The van der Waals surface area contributed by atoms with E-state index in [4.69, 9.17) is 0 Å². The van der Waals surface area contributed by atoms with Crippen molar-refractivity contribution >= 4 is 28.2 Å². The summed E-state index contributed by atoms with van der Waals surface area (Å²) in [6.45, 7) is 7.01. The number of likely N-dealkylation sites (N-methyl/N-ethyl adjacent to an activating group) is 1. The minimum atomic E-state index is 0.0259. The third-order valence-electron chi connectivity index (χ3n) is 3.79. The molecule has 2 rings (SSSR count). The minimum absolute atomic E-state index is 0.0259. The van der Waals surface area contributed by atoms with Crippen molar-refractivity contribution in [3.8, 4) is 0 Å². The van der Waals surface area contributed by atoms with Crippen molar-refractivity contribution in [2.45, 2.75) is 13.3 Å². The van der Waals surface area contributed by atoms with Crippen molar-refractivity contribution in [1.29, 1.82) is 0 Å². The standard InChI is InChI=1S/C16H27N5OS/c1-4-7-17-16(18-13-14(22)19(2)3)21-10-8-20(9-11-21)15-6-5-12-23-15/h5-6,12H,4,7-11,13H2,1-3H3,(H,17,18). The molecule has 7 heteroatoms. The molecule has 0 radical (unpaired) electrons. The Morgan fingerprint density at radius 1 is 1.35 bits per heavy atom. The van der Waals surface area contributed by atoms with Crippen LogP contribution in [0.1, 0.15) is 13.3 Å². The maximum atomic E-state index is 11.8. The lowest BCUT2D eigenvalue weighted by Crippen LogP contribution is -2.52. The van der Waals surface area contributed by atoms with Crippen LogP contribution in [0.2, 0.25) is 0 Å². The number of guanidine groups is 1. The average Bonchev–Trinajstić information content (AvgIpc) is 3.09.